The highest BCUT2D eigenvalue weighted by Gasteiger charge is 2.14. The van der Waals surface area contributed by atoms with Gasteiger partial charge in [0.25, 0.3) is 0 Å². The maximum atomic E-state index is 2.45. The molecule has 16 aliphatic carbocycles. The zero-order valence-corrected chi connectivity index (χ0v) is 29.1. The summed E-state index contributed by atoms with van der Waals surface area (Å²) in [6.45, 7) is 0. The summed E-state index contributed by atoms with van der Waals surface area (Å²) in [7, 11) is 0. The molecule has 8 aromatic rings. The molecule has 246 valence electrons. The smallest absolute Gasteiger partial charge is 0.0149 e. The average molecular weight is 663 g/mol. The Balaban J connectivity index is 1.06. The Morgan fingerprint density at radius 2 is 0.404 bits per heavy atom. The molecule has 0 saturated carbocycles. The predicted molar refractivity (Wildman–Crippen MR) is 219 cm³/mol. The summed E-state index contributed by atoms with van der Waals surface area (Å²) in [5, 5.41) is 0. The van der Waals surface area contributed by atoms with Crippen molar-refractivity contribution in [2.24, 2.45) is 0 Å². The SMILES string of the molecule is c1cc2c3cc1CCc1ccc(cc1-c1ccc(cc1)-c1ccc(cc1)-c1ccc(cc1)-c1ccc(cc1)-c1ccc(cc1)-c1ccc-3cc1)CC2. The van der Waals surface area contributed by atoms with E-state index in [4.69, 9.17) is 0 Å². The van der Waals surface area contributed by atoms with Gasteiger partial charge in [-0.15, -0.1) is 0 Å². The van der Waals surface area contributed by atoms with Crippen molar-refractivity contribution in [2.45, 2.75) is 25.7 Å². The second-order valence-electron chi connectivity index (χ2n) is 14.4. The van der Waals surface area contributed by atoms with Gasteiger partial charge in [-0.1, -0.05) is 182 Å². The van der Waals surface area contributed by atoms with Crippen LogP contribution in [0.5, 0.6) is 0 Å². The van der Waals surface area contributed by atoms with Crippen LogP contribution in [-0.2, 0) is 25.7 Å². The first-order chi connectivity index (χ1) is 25.7. The van der Waals surface area contributed by atoms with Crippen molar-refractivity contribution in [2.75, 3.05) is 0 Å². The molecule has 0 amide bonds. The van der Waals surface area contributed by atoms with Crippen LogP contribution in [0.4, 0.5) is 0 Å². The van der Waals surface area contributed by atoms with Crippen molar-refractivity contribution >= 4 is 0 Å². The van der Waals surface area contributed by atoms with Gasteiger partial charge in [0.2, 0.25) is 0 Å². The Hall–Kier alpha value is -6.24. The van der Waals surface area contributed by atoms with E-state index in [9.17, 15) is 0 Å². The number of benzene rings is 8. The summed E-state index contributed by atoms with van der Waals surface area (Å²) in [6.07, 6.45) is 4.05. The normalized spacial score (nSPS) is 12.7. The van der Waals surface area contributed by atoms with Crippen LogP contribution in [0.25, 0.3) is 77.9 Å². The summed E-state index contributed by atoms with van der Waals surface area (Å²) in [6, 6.07) is 68.7. The van der Waals surface area contributed by atoms with Gasteiger partial charge in [-0.3, -0.25) is 0 Å². The lowest BCUT2D eigenvalue weighted by atomic mass is 9.87. The fourth-order valence-corrected chi connectivity index (χ4v) is 8.19. The minimum absolute atomic E-state index is 1.01. The van der Waals surface area contributed by atoms with Gasteiger partial charge in [-0.05, 0) is 126 Å². The van der Waals surface area contributed by atoms with Gasteiger partial charge in [-0.25, -0.2) is 0 Å². The summed E-state index contributed by atoms with van der Waals surface area (Å²) >= 11 is 0. The van der Waals surface area contributed by atoms with Crippen molar-refractivity contribution in [3.63, 3.8) is 0 Å². The van der Waals surface area contributed by atoms with Crippen LogP contribution in [0, 0.1) is 0 Å². The average Bonchev–Trinajstić information content (AvgIpc) is 3.22. The molecule has 0 unspecified atom stereocenters. The molecule has 16 aliphatic rings. The molecule has 8 aromatic carbocycles. The Morgan fingerprint density at radius 3 is 0.635 bits per heavy atom. The zero-order chi connectivity index (χ0) is 34.4. The highest BCUT2D eigenvalue weighted by molar-refractivity contribution is 5.78. The van der Waals surface area contributed by atoms with E-state index in [-0.39, 0.29) is 0 Å². The summed E-state index contributed by atoms with van der Waals surface area (Å²) in [5.41, 5.74) is 23.3. The van der Waals surface area contributed by atoms with Gasteiger partial charge in [0, 0.05) is 0 Å². The number of hydrogen-bond acceptors (Lipinski definition) is 0. The van der Waals surface area contributed by atoms with Gasteiger partial charge < -0.3 is 0 Å². The molecule has 0 radical (unpaired) electrons. The maximum Gasteiger partial charge on any atom is -0.0149 e. The van der Waals surface area contributed by atoms with E-state index < -0.39 is 0 Å². The molecule has 0 heteroatoms. The first-order valence-electron chi connectivity index (χ1n) is 18.6. The Kier molecular flexibility index (Phi) is 7.54. The Labute approximate surface area is 306 Å². The largest absolute Gasteiger partial charge is 0.0587 e. The quantitative estimate of drug-likeness (QED) is 0.152. The number of rotatable bonds is 0. The summed E-state index contributed by atoms with van der Waals surface area (Å²) in [5.74, 6) is 0. The number of hydrogen-bond donors (Lipinski definition) is 0. The lowest BCUT2D eigenvalue weighted by molar-refractivity contribution is 0.925. The molecule has 52 heavy (non-hydrogen) atoms. The molecule has 24 rings (SSSR count). The van der Waals surface area contributed by atoms with Crippen molar-refractivity contribution < 1.29 is 0 Å². The van der Waals surface area contributed by atoms with Crippen LogP contribution in [0.2, 0.25) is 0 Å². The van der Waals surface area contributed by atoms with E-state index in [0.717, 1.165) is 25.7 Å². The predicted octanol–water partition coefficient (Wildman–Crippen LogP) is 13.6. The summed E-state index contributed by atoms with van der Waals surface area (Å²) in [4.78, 5) is 0. The van der Waals surface area contributed by atoms with Gasteiger partial charge in [0.05, 0.1) is 0 Å². The van der Waals surface area contributed by atoms with Crippen molar-refractivity contribution in [3.05, 3.63) is 204 Å². The third-order valence-electron chi connectivity index (χ3n) is 11.3. The lowest BCUT2D eigenvalue weighted by Gasteiger charge is -2.18. The second-order valence-corrected chi connectivity index (χ2v) is 14.4. The molecule has 18 bridgehead atoms. The van der Waals surface area contributed by atoms with Gasteiger partial charge >= 0.3 is 0 Å². The molecular formula is C52H38. The van der Waals surface area contributed by atoms with Crippen LogP contribution in [-0.4, -0.2) is 0 Å². The number of aryl methyl sites for hydroxylation is 4. The van der Waals surface area contributed by atoms with Crippen molar-refractivity contribution in [3.8, 4) is 77.9 Å². The lowest BCUT2D eigenvalue weighted by Crippen LogP contribution is -2.02. The van der Waals surface area contributed by atoms with Gasteiger partial charge in [0.15, 0.2) is 0 Å². The Morgan fingerprint density at radius 1 is 0.192 bits per heavy atom. The molecule has 0 N–H and O–H groups in total. The highest BCUT2D eigenvalue weighted by atomic mass is 14.2. The standard InChI is InChI=1S/C52H38/c1-5-47-8-4-36-2-6-48-7-3-35(1)33-51(47)49-29-25-45(26-30-49)43-21-17-41(18-22-43)39-13-9-37(10-14-39)38-11-15-40(16-12-38)42-19-23-44(24-20-42)46-27-31-50(32-28-46)52(48)34-36/h1-2,5-6,9-34H,3-4,7-8H2. The van der Waals surface area contributed by atoms with Crippen LogP contribution < -0.4 is 0 Å². The third kappa shape index (κ3) is 5.77. The van der Waals surface area contributed by atoms with Crippen molar-refractivity contribution in [1.29, 1.82) is 0 Å². The topological polar surface area (TPSA) is 0 Å². The molecule has 0 aromatic heterocycles. The first-order valence-corrected chi connectivity index (χ1v) is 18.6. The first kappa shape index (κ1) is 30.6. The van der Waals surface area contributed by atoms with Crippen molar-refractivity contribution in [1.82, 2.24) is 0 Å². The maximum absolute atomic E-state index is 2.45. The second kappa shape index (κ2) is 12.8. The minimum atomic E-state index is 1.01. The third-order valence-corrected chi connectivity index (χ3v) is 11.3. The highest BCUT2D eigenvalue weighted by Crippen LogP contribution is 2.35. The zero-order valence-electron chi connectivity index (χ0n) is 29.1. The minimum Gasteiger partial charge on any atom is -0.0587 e. The Bertz CT molecular complexity index is 2350. The molecule has 0 atom stereocenters. The molecule has 0 saturated heterocycles. The van der Waals surface area contributed by atoms with Gasteiger partial charge in [0.1, 0.15) is 0 Å². The van der Waals surface area contributed by atoms with E-state index in [1.807, 2.05) is 0 Å². The van der Waals surface area contributed by atoms with Crippen LogP contribution in [0.1, 0.15) is 22.3 Å². The molecular weight excluding hydrogens is 625 g/mol. The van der Waals surface area contributed by atoms with E-state index in [2.05, 4.69) is 182 Å². The molecule has 0 heterocycles. The van der Waals surface area contributed by atoms with E-state index >= 15 is 0 Å². The van der Waals surface area contributed by atoms with Crippen LogP contribution >= 0.6 is 0 Å². The van der Waals surface area contributed by atoms with Crippen LogP contribution in [0.3, 0.4) is 0 Å². The van der Waals surface area contributed by atoms with E-state index in [1.165, 1.54) is 100 Å². The molecule has 0 spiro atoms. The monoisotopic (exact) mass is 662 g/mol. The molecule has 0 aliphatic heterocycles. The van der Waals surface area contributed by atoms with E-state index in [1.54, 1.807) is 0 Å². The van der Waals surface area contributed by atoms with E-state index in [0.29, 0.717) is 0 Å². The summed E-state index contributed by atoms with van der Waals surface area (Å²) < 4.78 is 0. The van der Waals surface area contributed by atoms with Crippen LogP contribution in [0.15, 0.2) is 182 Å². The fraction of sp³-hybridized carbons (Fsp3) is 0.0769. The molecule has 0 fully saturated rings. The fourth-order valence-electron chi connectivity index (χ4n) is 8.19. The molecule has 0 nitrogen and oxygen atoms in total. The van der Waals surface area contributed by atoms with Gasteiger partial charge in [-0.2, -0.15) is 0 Å².